The second-order valence-corrected chi connectivity index (χ2v) is 7.41. The molecule has 1 amide bonds. The smallest absolute Gasteiger partial charge is 0.299 e. The lowest BCUT2D eigenvalue weighted by atomic mass is 10.2. The fourth-order valence-electron chi connectivity index (χ4n) is 2.94. The first-order valence-corrected chi connectivity index (χ1v) is 9.20. The number of quaternary nitrogens is 1. The summed E-state index contributed by atoms with van der Waals surface area (Å²) in [5.74, 6) is 1.79. The van der Waals surface area contributed by atoms with Crippen molar-refractivity contribution in [3.63, 3.8) is 0 Å². The highest BCUT2D eigenvalue weighted by atomic mass is 16.5. The number of rotatable bonds is 5. The molecule has 0 bridgehead atoms. The molecule has 0 spiro atoms. The average Bonchev–Trinajstić information content (AvgIpc) is 2.71. The Bertz CT molecular complexity index is 1020. The molecule has 0 aliphatic carbocycles. The predicted molar refractivity (Wildman–Crippen MR) is 110 cm³/mol. The van der Waals surface area contributed by atoms with Gasteiger partial charge in [0.1, 0.15) is 11.5 Å². The van der Waals surface area contributed by atoms with Crippen molar-refractivity contribution in [1.29, 1.82) is 5.26 Å². The maximum absolute atomic E-state index is 12.2. The minimum absolute atomic E-state index is 0.0790. The van der Waals surface area contributed by atoms with Crippen LogP contribution in [-0.4, -0.2) is 49.7 Å². The normalized spacial score (nSPS) is 17.1. The summed E-state index contributed by atoms with van der Waals surface area (Å²) in [5, 5.41) is 9.09. The van der Waals surface area contributed by atoms with E-state index in [0.29, 0.717) is 33.0 Å². The van der Waals surface area contributed by atoms with Crippen molar-refractivity contribution in [1.82, 2.24) is 4.90 Å². The van der Waals surface area contributed by atoms with E-state index in [1.54, 1.807) is 50.5 Å². The first-order valence-electron chi connectivity index (χ1n) is 9.20. The van der Waals surface area contributed by atoms with Gasteiger partial charge in [-0.3, -0.25) is 4.79 Å². The molecule has 6 heteroatoms. The van der Waals surface area contributed by atoms with Crippen LogP contribution >= 0.6 is 0 Å². The number of nitriles is 1. The second kappa shape index (κ2) is 8.21. The quantitative estimate of drug-likeness (QED) is 0.733. The Kier molecular flexibility index (Phi) is 5.71. The largest absolute Gasteiger partial charge is 0.438 e. The van der Waals surface area contributed by atoms with Gasteiger partial charge in [0.15, 0.2) is 0 Å². The molecule has 29 heavy (non-hydrogen) atoms. The number of carbonyl (C=O) groups excluding carboxylic acids is 1. The summed E-state index contributed by atoms with van der Waals surface area (Å²) in [6.45, 7) is 0. The zero-order valence-corrected chi connectivity index (χ0v) is 17.0. The standard InChI is InChI=1S/C23H24N3O3/c1-25(2)23(27)18-9-6-11-20(15-18)29-22-13-7-12-21(26(22,3)4)28-19-10-5-8-17(14-19)16-24/h5-15,22H,1-4H3/q+1. The van der Waals surface area contributed by atoms with Gasteiger partial charge in [-0.25, -0.2) is 4.48 Å². The molecule has 0 fully saturated rings. The summed E-state index contributed by atoms with van der Waals surface area (Å²) in [4.78, 5) is 13.8. The Labute approximate surface area is 171 Å². The highest BCUT2D eigenvalue weighted by Crippen LogP contribution is 2.28. The number of ether oxygens (including phenoxy) is 2. The summed E-state index contributed by atoms with van der Waals surface area (Å²) in [6, 6.07) is 16.3. The van der Waals surface area contributed by atoms with Crippen molar-refractivity contribution in [2.45, 2.75) is 6.23 Å². The van der Waals surface area contributed by atoms with E-state index in [-0.39, 0.29) is 12.1 Å². The molecule has 1 aliphatic heterocycles. The minimum Gasteiger partial charge on any atom is -0.438 e. The van der Waals surface area contributed by atoms with E-state index in [2.05, 4.69) is 6.07 Å². The molecule has 1 heterocycles. The van der Waals surface area contributed by atoms with E-state index >= 15 is 0 Å². The maximum Gasteiger partial charge on any atom is 0.299 e. The molecule has 1 atom stereocenters. The number of carbonyl (C=O) groups is 1. The van der Waals surface area contributed by atoms with Gasteiger partial charge in [-0.2, -0.15) is 5.26 Å². The zero-order valence-electron chi connectivity index (χ0n) is 17.0. The van der Waals surface area contributed by atoms with Crippen LogP contribution in [0.25, 0.3) is 0 Å². The fraction of sp³-hybridized carbons (Fsp3) is 0.217. The zero-order chi connectivity index (χ0) is 21.0. The first kappa shape index (κ1) is 20.2. The lowest BCUT2D eigenvalue weighted by molar-refractivity contribution is -0.902. The first-order chi connectivity index (χ1) is 13.8. The molecule has 0 saturated carbocycles. The molecular weight excluding hydrogens is 366 g/mol. The lowest BCUT2D eigenvalue weighted by Crippen LogP contribution is -2.52. The van der Waals surface area contributed by atoms with Crippen LogP contribution in [0.4, 0.5) is 0 Å². The summed E-state index contributed by atoms with van der Waals surface area (Å²) >= 11 is 0. The van der Waals surface area contributed by atoms with E-state index in [1.807, 2.05) is 44.5 Å². The third-order valence-electron chi connectivity index (χ3n) is 4.65. The van der Waals surface area contributed by atoms with Crippen molar-refractivity contribution in [3.05, 3.63) is 83.8 Å². The summed E-state index contributed by atoms with van der Waals surface area (Å²) in [5.41, 5.74) is 1.10. The third-order valence-corrected chi connectivity index (χ3v) is 4.65. The molecule has 0 aromatic heterocycles. The van der Waals surface area contributed by atoms with Gasteiger partial charge in [0.05, 0.1) is 25.7 Å². The average molecular weight is 390 g/mol. The molecule has 0 saturated heterocycles. The topological polar surface area (TPSA) is 62.6 Å². The Balaban J connectivity index is 1.79. The lowest BCUT2D eigenvalue weighted by Gasteiger charge is -2.37. The van der Waals surface area contributed by atoms with Crippen LogP contribution in [0.15, 0.2) is 72.6 Å². The number of likely N-dealkylation sites (N-methyl/N-ethyl adjacent to an activating group) is 1. The van der Waals surface area contributed by atoms with Crippen molar-refractivity contribution in [2.24, 2.45) is 0 Å². The van der Waals surface area contributed by atoms with Crippen LogP contribution in [0.3, 0.4) is 0 Å². The molecule has 1 unspecified atom stereocenters. The van der Waals surface area contributed by atoms with E-state index in [9.17, 15) is 4.79 Å². The van der Waals surface area contributed by atoms with Crippen LogP contribution in [0.1, 0.15) is 15.9 Å². The highest BCUT2D eigenvalue weighted by molar-refractivity contribution is 5.94. The minimum atomic E-state index is -0.348. The van der Waals surface area contributed by atoms with Gasteiger partial charge in [0, 0.05) is 31.8 Å². The number of hydrogen-bond acceptors (Lipinski definition) is 4. The molecule has 3 rings (SSSR count). The van der Waals surface area contributed by atoms with E-state index in [4.69, 9.17) is 14.7 Å². The Morgan fingerprint density at radius 3 is 2.55 bits per heavy atom. The van der Waals surface area contributed by atoms with Crippen LogP contribution in [0.5, 0.6) is 11.5 Å². The molecule has 2 aromatic carbocycles. The number of nitrogens with zero attached hydrogens (tertiary/aromatic N) is 3. The van der Waals surface area contributed by atoms with E-state index in [1.165, 1.54) is 4.90 Å². The molecule has 0 radical (unpaired) electrons. The van der Waals surface area contributed by atoms with Gasteiger partial charge in [-0.15, -0.1) is 0 Å². The van der Waals surface area contributed by atoms with Crippen molar-refractivity contribution in [2.75, 3.05) is 28.2 Å². The number of amides is 1. The monoisotopic (exact) mass is 390 g/mol. The van der Waals surface area contributed by atoms with Crippen molar-refractivity contribution in [3.8, 4) is 17.6 Å². The third kappa shape index (κ3) is 4.48. The molecule has 0 N–H and O–H groups in total. The summed E-state index contributed by atoms with van der Waals surface area (Å²) in [6.07, 6.45) is 5.36. The second-order valence-electron chi connectivity index (χ2n) is 7.41. The fourth-order valence-corrected chi connectivity index (χ4v) is 2.94. The van der Waals surface area contributed by atoms with Crippen molar-refractivity contribution < 1.29 is 18.8 Å². The van der Waals surface area contributed by atoms with Gasteiger partial charge in [0.25, 0.3) is 18.0 Å². The number of benzene rings is 2. The molecule has 2 aromatic rings. The molecule has 148 valence electrons. The van der Waals surface area contributed by atoms with E-state index < -0.39 is 0 Å². The Morgan fingerprint density at radius 1 is 1.10 bits per heavy atom. The number of hydrogen-bond donors (Lipinski definition) is 0. The van der Waals surface area contributed by atoms with Gasteiger partial charge in [-0.05, 0) is 42.5 Å². The molecule has 1 aliphatic rings. The predicted octanol–water partition coefficient (Wildman–Crippen LogP) is 3.53. The van der Waals surface area contributed by atoms with Crippen molar-refractivity contribution >= 4 is 5.91 Å². The van der Waals surface area contributed by atoms with Crippen LogP contribution in [0.2, 0.25) is 0 Å². The van der Waals surface area contributed by atoms with Crippen LogP contribution in [-0.2, 0) is 0 Å². The highest BCUT2D eigenvalue weighted by Gasteiger charge is 2.37. The van der Waals surface area contributed by atoms with Gasteiger partial charge in [0.2, 0.25) is 0 Å². The SMILES string of the molecule is CN(C)C(=O)c1cccc(OC2C=CC=C(Oc3cccc(C#N)c3)[N+]2(C)C)c1. The maximum atomic E-state index is 12.2. The van der Waals surface area contributed by atoms with Gasteiger partial charge < -0.3 is 14.4 Å². The molecular formula is C23H24N3O3+. The van der Waals surface area contributed by atoms with Gasteiger partial charge in [-0.1, -0.05) is 12.1 Å². The van der Waals surface area contributed by atoms with Crippen LogP contribution < -0.4 is 9.47 Å². The van der Waals surface area contributed by atoms with Crippen LogP contribution in [0, 0.1) is 11.3 Å². The molecule has 6 nitrogen and oxygen atoms in total. The Morgan fingerprint density at radius 2 is 1.83 bits per heavy atom. The van der Waals surface area contributed by atoms with Gasteiger partial charge >= 0.3 is 0 Å². The Hall–Kier alpha value is -3.56. The summed E-state index contributed by atoms with van der Waals surface area (Å²) < 4.78 is 12.6. The van der Waals surface area contributed by atoms with E-state index in [0.717, 1.165) is 0 Å². The number of allylic oxidation sites excluding steroid dienone is 2. The summed E-state index contributed by atoms with van der Waals surface area (Å²) in [7, 11) is 7.39.